The van der Waals surface area contributed by atoms with E-state index in [2.05, 4.69) is 36.4 Å². The summed E-state index contributed by atoms with van der Waals surface area (Å²) in [5.41, 5.74) is 1.24. The molecular weight excluding hydrogens is 352 g/mol. The third-order valence-electron chi connectivity index (χ3n) is 5.24. The molecule has 4 nitrogen and oxygen atoms in total. The van der Waals surface area contributed by atoms with Crippen LogP contribution < -0.4 is 4.74 Å². The molecule has 2 aromatic carbocycles. The first-order valence-corrected chi connectivity index (χ1v) is 9.67. The molecule has 1 heterocycles. The minimum absolute atomic E-state index is 0.114. The molecule has 3 unspecified atom stereocenters. The first-order valence-electron chi connectivity index (χ1n) is 9.67. The van der Waals surface area contributed by atoms with E-state index < -0.39 is 5.97 Å². The second-order valence-electron chi connectivity index (χ2n) is 7.54. The van der Waals surface area contributed by atoms with E-state index in [1.807, 2.05) is 32.1 Å². The van der Waals surface area contributed by atoms with Crippen LogP contribution in [0.15, 0.2) is 72.5 Å². The van der Waals surface area contributed by atoms with E-state index in [1.54, 1.807) is 6.08 Å². The number of aliphatic carboxylic acids is 1. The minimum Gasteiger partial charge on any atom is -0.490 e. The van der Waals surface area contributed by atoms with Gasteiger partial charge in [0.2, 0.25) is 0 Å². The number of ether oxygens (including phenoxy) is 2. The highest BCUT2D eigenvalue weighted by atomic mass is 16.5. The van der Waals surface area contributed by atoms with E-state index in [9.17, 15) is 4.79 Å². The Morgan fingerprint density at radius 1 is 1.21 bits per heavy atom. The molecule has 0 bridgehead atoms. The van der Waals surface area contributed by atoms with Crippen LogP contribution in [0.3, 0.4) is 0 Å². The van der Waals surface area contributed by atoms with Crippen molar-refractivity contribution in [1.29, 1.82) is 0 Å². The van der Waals surface area contributed by atoms with Gasteiger partial charge in [0.25, 0.3) is 0 Å². The molecule has 0 spiro atoms. The van der Waals surface area contributed by atoms with Gasteiger partial charge in [0, 0.05) is 23.3 Å². The lowest BCUT2D eigenvalue weighted by atomic mass is 9.78. The molecule has 4 rings (SSSR count). The normalized spacial score (nSPS) is 23.7. The summed E-state index contributed by atoms with van der Waals surface area (Å²) in [7, 11) is 0. The molecular formula is C24H24O4. The van der Waals surface area contributed by atoms with E-state index >= 15 is 0 Å². The summed E-state index contributed by atoms with van der Waals surface area (Å²) in [5.74, 6) is 1.26. The lowest BCUT2D eigenvalue weighted by Crippen LogP contribution is -2.13. The second-order valence-corrected chi connectivity index (χ2v) is 7.54. The number of carboxylic acids is 1. The predicted octanol–water partition coefficient (Wildman–Crippen LogP) is 5.21. The number of fused-ring (bicyclic) bond motifs is 2. The van der Waals surface area contributed by atoms with Gasteiger partial charge < -0.3 is 14.6 Å². The highest BCUT2D eigenvalue weighted by Gasteiger charge is 2.37. The van der Waals surface area contributed by atoms with Crippen molar-refractivity contribution in [3.63, 3.8) is 0 Å². The maximum atomic E-state index is 10.8. The average Bonchev–Trinajstić information content (AvgIpc) is 3.10. The molecule has 2 aliphatic rings. The molecule has 4 heteroatoms. The number of benzene rings is 2. The van der Waals surface area contributed by atoms with Crippen molar-refractivity contribution in [3.05, 3.63) is 78.1 Å². The molecule has 144 valence electrons. The summed E-state index contributed by atoms with van der Waals surface area (Å²) < 4.78 is 12.0. The van der Waals surface area contributed by atoms with E-state index in [1.165, 1.54) is 17.0 Å². The summed E-state index contributed by atoms with van der Waals surface area (Å²) in [6, 6.07) is 12.5. The number of allylic oxidation sites excluding steroid dienone is 4. The maximum absolute atomic E-state index is 10.8. The van der Waals surface area contributed by atoms with Crippen molar-refractivity contribution < 1.29 is 19.4 Å². The fourth-order valence-electron chi connectivity index (χ4n) is 4.14. The van der Waals surface area contributed by atoms with Crippen molar-refractivity contribution in [2.75, 3.05) is 0 Å². The Balaban J connectivity index is 1.70. The standard InChI is InChI=1S/C24H24O4/c1-15(2)27-23-12-11-19(17-6-3-4-7-20(17)23)18-8-5-9-22-21(18)14-16(28-22)10-13-24(25)26/h3-13,15-16,18,21H,14H2,1-2H3,(H,25,26)/b13-10+. The SMILES string of the molecule is CC(C)Oc1ccc(C2C=CC=C3OC(/C=C/C(=O)O)CC32)c2ccccc12. The number of hydrogen-bond donors (Lipinski definition) is 1. The number of carbonyl (C=O) groups is 1. The van der Waals surface area contributed by atoms with Crippen LogP contribution in [0.2, 0.25) is 0 Å². The van der Waals surface area contributed by atoms with Gasteiger partial charge in [-0.05, 0) is 49.4 Å². The molecule has 3 atom stereocenters. The largest absolute Gasteiger partial charge is 0.490 e. The molecule has 2 aromatic rings. The Labute approximate surface area is 164 Å². The lowest BCUT2D eigenvalue weighted by molar-refractivity contribution is -0.131. The average molecular weight is 376 g/mol. The Bertz CT molecular complexity index is 983. The van der Waals surface area contributed by atoms with Gasteiger partial charge in [0.15, 0.2) is 0 Å². The van der Waals surface area contributed by atoms with Gasteiger partial charge in [-0.3, -0.25) is 0 Å². The van der Waals surface area contributed by atoms with Gasteiger partial charge in [-0.1, -0.05) is 42.5 Å². The first kappa shape index (κ1) is 18.4. The molecule has 1 aliphatic carbocycles. The van der Waals surface area contributed by atoms with E-state index in [-0.39, 0.29) is 24.0 Å². The van der Waals surface area contributed by atoms with Crippen LogP contribution in [0.25, 0.3) is 10.8 Å². The van der Waals surface area contributed by atoms with E-state index in [0.29, 0.717) is 0 Å². The number of hydrogen-bond acceptors (Lipinski definition) is 3. The molecule has 28 heavy (non-hydrogen) atoms. The fraction of sp³-hybridized carbons (Fsp3) is 0.292. The van der Waals surface area contributed by atoms with Crippen molar-refractivity contribution in [1.82, 2.24) is 0 Å². The third kappa shape index (κ3) is 3.55. The Hall–Kier alpha value is -3.01. The minimum atomic E-state index is -0.950. The molecule has 1 N–H and O–H groups in total. The molecule has 1 fully saturated rings. The van der Waals surface area contributed by atoms with Crippen molar-refractivity contribution in [2.24, 2.45) is 5.92 Å². The topological polar surface area (TPSA) is 55.8 Å². The predicted molar refractivity (Wildman–Crippen MR) is 109 cm³/mol. The second kappa shape index (κ2) is 7.55. The molecule has 0 aromatic heterocycles. The van der Waals surface area contributed by atoms with E-state index in [0.717, 1.165) is 23.3 Å². The van der Waals surface area contributed by atoms with Crippen LogP contribution >= 0.6 is 0 Å². The van der Waals surface area contributed by atoms with Crippen LogP contribution in [0.4, 0.5) is 0 Å². The number of carboxylic acid groups (broad SMARTS) is 1. The highest BCUT2D eigenvalue weighted by Crippen LogP contribution is 2.46. The lowest BCUT2D eigenvalue weighted by Gasteiger charge is -2.25. The first-order chi connectivity index (χ1) is 13.5. The fourth-order valence-corrected chi connectivity index (χ4v) is 4.14. The Morgan fingerprint density at radius 2 is 2.00 bits per heavy atom. The zero-order chi connectivity index (χ0) is 19.7. The van der Waals surface area contributed by atoms with Crippen LogP contribution in [0.1, 0.15) is 31.7 Å². The maximum Gasteiger partial charge on any atom is 0.328 e. The Kier molecular flexibility index (Phi) is 4.95. The van der Waals surface area contributed by atoms with Crippen LogP contribution in [-0.2, 0) is 9.53 Å². The van der Waals surface area contributed by atoms with Crippen molar-refractivity contribution in [3.8, 4) is 5.75 Å². The van der Waals surface area contributed by atoms with Gasteiger partial charge in [-0.15, -0.1) is 0 Å². The Morgan fingerprint density at radius 3 is 2.75 bits per heavy atom. The van der Waals surface area contributed by atoms with Crippen LogP contribution in [-0.4, -0.2) is 23.3 Å². The summed E-state index contributed by atoms with van der Waals surface area (Å²) in [6.07, 6.45) is 9.72. The van der Waals surface area contributed by atoms with Crippen molar-refractivity contribution in [2.45, 2.75) is 38.4 Å². The third-order valence-corrected chi connectivity index (χ3v) is 5.24. The smallest absolute Gasteiger partial charge is 0.328 e. The zero-order valence-corrected chi connectivity index (χ0v) is 16.0. The zero-order valence-electron chi connectivity index (χ0n) is 16.0. The monoisotopic (exact) mass is 376 g/mol. The van der Waals surface area contributed by atoms with Gasteiger partial charge >= 0.3 is 5.97 Å². The van der Waals surface area contributed by atoms with Crippen molar-refractivity contribution >= 4 is 16.7 Å². The quantitative estimate of drug-likeness (QED) is 0.728. The van der Waals surface area contributed by atoms with Gasteiger partial charge in [0.1, 0.15) is 17.6 Å². The van der Waals surface area contributed by atoms with E-state index in [4.69, 9.17) is 14.6 Å². The molecule has 0 radical (unpaired) electrons. The van der Waals surface area contributed by atoms with Gasteiger partial charge in [-0.25, -0.2) is 4.79 Å². The van der Waals surface area contributed by atoms with Crippen LogP contribution in [0.5, 0.6) is 5.75 Å². The molecule has 0 saturated carbocycles. The summed E-state index contributed by atoms with van der Waals surface area (Å²) >= 11 is 0. The summed E-state index contributed by atoms with van der Waals surface area (Å²) in [5, 5.41) is 11.2. The molecule has 0 amide bonds. The number of rotatable bonds is 5. The molecule has 1 saturated heterocycles. The van der Waals surface area contributed by atoms with Crippen LogP contribution in [0, 0.1) is 5.92 Å². The summed E-state index contributed by atoms with van der Waals surface area (Å²) in [6.45, 7) is 4.06. The van der Waals surface area contributed by atoms with Gasteiger partial charge in [0.05, 0.1) is 6.10 Å². The summed E-state index contributed by atoms with van der Waals surface area (Å²) in [4.78, 5) is 10.8. The highest BCUT2D eigenvalue weighted by molar-refractivity contribution is 5.91. The molecule has 1 aliphatic heterocycles. The van der Waals surface area contributed by atoms with Gasteiger partial charge in [-0.2, -0.15) is 0 Å².